The van der Waals surface area contributed by atoms with Gasteiger partial charge >= 0.3 is 0 Å². The summed E-state index contributed by atoms with van der Waals surface area (Å²) >= 11 is 1.44. The third kappa shape index (κ3) is 2.85. The van der Waals surface area contributed by atoms with Gasteiger partial charge in [0.2, 0.25) is 5.78 Å². The van der Waals surface area contributed by atoms with Crippen molar-refractivity contribution in [2.45, 2.75) is 13.2 Å². The maximum absolute atomic E-state index is 11.9. The first kappa shape index (κ1) is 13.0. The Kier molecular flexibility index (Phi) is 4.25. The third-order valence-electron chi connectivity index (χ3n) is 2.51. The predicted molar refractivity (Wildman–Crippen MR) is 73.7 cm³/mol. The predicted octanol–water partition coefficient (Wildman–Crippen LogP) is 2.92. The molecule has 0 aliphatic heterocycles. The first-order valence-corrected chi connectivity index (χ1v) is 6.60. The summed E-state index contributed by atoms with van der Waals surface area (Å²) in [7, 11) is 0. The van der Waals surface area contributed by atoms with Crippen LogP contribution < -0.4 is 5.73 Å². The van der Waals surface area contributed by atoms with E-state index in [1.165, 1.54) is 11.3 Å². The summed E-state index contributed by atoms with van der Waals surface area (Å²) in [5, 5.41) is 0. The third-order valence-corrected chi connectivity index (χ3v) is 3.66. The molecule has 1 aromatic carbocycles. The molecule has 2 rings (SSSR count). The number of carbonyl (C=O) groups is 1. The molecule has 1 atom stereocenters. The quantitative estimate of drug-likeness (QED) is 0.665. The highest BCUT2D eigenvalue weighted by atomic mass is 32.1. The van der Waals surface area contributed by atoms with Gasteiger partial charge in [-0.1, -0.05) is 30.3 Å². The highest BCUT2D eigenvalue weighted by Crippen LogP contribution is 2.28. The van der Waals surface area contributed by atoms with Crippen molar-refractivity contribution in [3.8, 4) is 10.4 Å². The van der Waals surface area contributed by atoms with Crippen molar-refractivity contribution in [1.82, 2.24) is 0 Å². The summed E-state index contributed by atoms with van der Waals surface area (Å²) in [5.41, 5.74) is 6.75. The number of ketones is 1. The van der Waals surface area contributed by atoms with Gasteiger partial charge in [-0.3, -0.25) is 10.5 Å². The molecule has 1 aromatic heterocycles. The Bertz CT molecular complexity index is 522. The Labute approximate surface area is 110 Å². The second-order valence-electron chi connectivity index (χ2n) is 3.77. The van der Waals surface area contributed by atoms with Crippen LogP contribution in [-0.4, -0.2) is 18.6 Å². The number of hydrogen-bond acceptors (Lipinski definition) is 4. The van der Waals surface area contributed by atoms with E-state index in [0.717, 1.165) is 10.4 Å². The van der Waals surface area contributed by atoms with Crippen molar-refractivity contribution in [2.24, 2.45) is 5.73 Å². The molecule has 2 N–H and O–H groups in total. The van der Waals surface area contributed by atoms with Gasteiger partial charge in [0.25, 0.3) is 0 Å². The van der Waals surface area contributed by atoms with Crippen LogP contribution >= 0.6 is 11.3 Å². The molecule has 1 heterocycles. The summed E-state index contributed by atoms with van der Waals surface area (Å²) in [6.07, 6.45) is -0.864. The van der Waals surface area contributed by atoms with Crippen LogP contribution in [-0.2, 0) is 4.74 Å². The molecule has 0 radical (unpaired) electrons. The Hall–Kier alpha value is -1.49. The van der Waals surface area contributed by atoms with E-state index in [1.54, 1.807) is 6.07 Å². The van der Waals surface area contributed by atoms with E-state index in [0.29, 0.717) is 11.5 Å². The van der Waals surface area contributed by atoms with E-state index in [2.05, 4.69) is 0 Å². The number of rotatable bonds is 5. The normalized spacial score (nSPS) is 12.3. The zero-order valence-electron chi connectivity index (χ0n) is 10.1. The first-order valence-electron chi connectivity index (χ1n) is 5.79. The van der Waals surface area contributed by atoms with Crippen LogP contribution in [0.15, 0.2) is 42.5 Å². The van der Waals surface area contributed by atoms with Crippen LogP contribution in [0.4, 0.5) is 0 Å². The molecular formula is C14H15NO2S. The minimum Gasteiger partial charge on any atom is -0.356 e. The van der Waals surface area contributed by atoms with Gasteiger partial charge in [-0.2, -0.15) is 0 Å². The topological polar surface area (TPSA) is 52.3 Å². The van der Waals surface area contributed by atoms with Crippen LogP contribution in [0.5, 0.6) is 0 Å². The standard InChI is InChI=1S/C14H15NO2S/c1-2-17-14(15)13(16)12-9-8-11(18-12)10-6-4-3-5-7-10/h3-9,14H,2,15H2,1H3. The second kappa shape index (κ2) is 5.91. The minimum atomic E-state index is -0.864. The summed E-state index contributed by atoms with van der Waals surface area (Å²) in [4.78, 5) is 13.6. The summed E-state index contributed by atoms with van der Waals surface area (Å²) in [5.74, 6) is -0.163. The van der Waals surface area contributed by atoms with Gasteiger partial charge in [-0.25, -0.2) is 0 Å². The van der Waals surface area contributed by atoms with E-state index < -0.39 is 6.23 Å². The molecule has 0 bridgehead atoms. The Morgan fingerprint density at radius 1 is 1.28 bits per heavy atom. The first-order chi connectivity index (χ1) is 8.72. The molecule has 0 saturated carbocycles. The van der Waals surface area contributed by atoms with Crippen LogP contribution in [0, 0.1) is 0 Å². The smallest absolute Gasteiger partial charge is 0.216 e. The monoisotopic (exact) mass is 261 g/mol. The van der Waals surface area contributed by atoms with E-state index in [-0.39, 0.29) is 5.78 Å². The highest BCUT2D eigenvalue weighted by molar-refractivity contribution is 7.17. The fourth-order valence-corrected chi connectivity index (χ4v) is 2.60. The number of thiophene rings is 1. The van der Waals surface area contributed by atoms with Crippen molar-refractivity contribution in [3.63, 3.8) is 0 Å². The molecule has 0 aliphatic carbocycles. The number of benzene rings is 1. The van der Waals surface area contributed by atoms with Gasteiger partial charge in [0.15, 0.2) is 6.23 Å². The van der Waals surface area contributed by atoms with E-state index >= 15 is 0 Å². The molecule has 1 unspecified atom stereocenters. The van der Waals surface area contributed by atoms with Crippen molar-refractivity contribution in [1.29, 1.82) is 0 Å². The van der Waals surface area contributed by atoms with Gasteiger partial charge in [-0.15, -0.1) is 11.3 Å². The van der Waals surface area contributed by atoms with E-state index in [9.17, 15) is 4.79 Å². The molecule has 2 aromatic rings. The molecule has 94 valence electrons. The number of Topliss-reactive ketones (excluding diaryl/α,β-unsaturated/α-hetero) is 1. The lowest BCUT2D eigenvalue weighted by Crippen LogP contribution is -2.32. The van der Waals surface area contributed by atoms with Crippen LogP contribution in [0.25, 0.3) is 10.4 Å². The van der Waals surface area contributed by atoms with Crippen molar-refractivity contribution >= 4 is 17.1 Å². The van der Waals surface area contributed by atoms with Crippen LogP contribution in [0.2, 0.25) is 0 Å². The highest BCUT2D eigenvalue weighted by Gasteiger charge is 2.17. The Balaban J connectivity index is 2.18. The average Bonchev–Trinajstić information content (AvgIpc) is 2.89. The number of carbonyl (C=O) groups excluding carboxylic acids is 1. The van der Waals surface area contributed by atoms with Crippen molar-refractivity contribution in [2.75, 3.05) is 6.61 Å². The fraction of sp³-hybridized carbons (Fsp3) is 0.214. The summed E-state index contributed by atoms with van der Waals surface area (Å²) in [6, 6.07) is 13.7. The van der Waals surface area contributed by atoms with Gasteiger partial charge in [0, 0.05) is 11.5 Å². The zero-order valence-corrected chi connectivity index (χ0v) is 10.9. The maximum Gasteiger partial charge on any atom is 0.216 e. The molecule has 0 saturated heterocycles. The SMILES string of the molecule is CCOC(N)C(=O)c1ccc(-c2ccccc2)s1. The maximum atomic E-state index is 11.9. The van der Waals surface area contributed by atoms with Gasteiger partial charge < -0.3 is 4.74 Å². The van der Waals surface area contributed by atoms with Crippen molar-refractivity contribution in [3.05, 3.63) is 47.3 Å². The lowest BCUT2D eigenvalue weighted by atomic mass is 10.2. The van der Waals surface area contributed by atoms with Crippen molar-refractivity contribution < 1.29 is 9.53 Å². The zero-order chi connectivity index (χ0) is 13.0. The number of nitrogens with two attached hydrogens (primary N) is 1. The molecular weight excluding hydrogens is 246 g/mol. The molecule has 0 amide bonds. The fourth-order valence-electron chi connectivity index (χ4n) is 1.62. The lowest BCUT2D eigenvalue weighted by molar-refractivity contribution is 0.0483. The lowest BCUT2D eigenvalue weighted by Gasteiger charge is -2.08. The van der Waals surface area contributed by atoms with Gasteiger partial charge in [0.05, 0.1) is 4.88 Å². The second-order valence-corrected chi connectivity index (χ2v) is 4.85. The van der Waals surface area contributed by atoms with Crippen LogP contribution in [0.1, 0.15) is 16.6 Å². The molecule has 4 heteroatoms. The number of hydrogen-bond donors (Lipinski definition) is 1. The molecule has 0 spiro atoms. The number of ether oxygens (including phenoxy) is 1. The molecule has 0 aliphatic rings. The van der Waals surface area contributed by atoms with Gasteiger partial charge in [0.1, 0.15) is 0 Å². The van der Waals surface area contributed by atoms with E-state index in [1.807, 2.05) is 43.3 Å². The Morgan fingerprint density at radius 2 is 2.00 bits per heavy atom. The van der Waals surface area contributed by atoms with Crippen LogP contribution in [0.3, 0.4) is 0 Å². The molecule has 18 heavy (non-hydrogen) atoms. The average molecular weight is 261 g/mol. The Morgan fingerprint density at radius 3 is 2.67 bits per heavy atom. The van der Waals surface area contributed by atoms with E-state index in [4.69, 9.17) is 10.5 Å². The molecule has 0 fully saturated rings. The minimum absolute atomic E-state index is 0.163. The summed E-state index contributed by atoms with van der Waals surface area (Å²) < 4.78 is 5.11. The largest absolute Gasteiger partial charge is 0.356 e. The molecule has 3 nitrogen and oxygen atoms in total. The van der Waals surface area contributed by atoms with Gasteiger partial charge in [-0.05, 0) is 24.6 Å². The summed E-state index contributed by atoms with van der Waals surface area (Å²) in [6.45, 7) is 2.25.